The molecule has 0 aliphatic heterocycles. The Bertz CT molecular complexity index is 507. The van der Waals surface area contributed by atoms with Crippen molar-refractivity contribution in [3.8, 4) is 0 Å². The molecule has 1 aromatic carbocycles. The molecular formula is C12H16N2O5S. The van der Waals surface area contributed by atoms with Crippen molar-refractivity contribution in [1.29, 1.82) is 0 Å². The van der Waals surface area contributed by atoms with Gasteiger partial charge in [0.05, 0.1) is 22.5 Å². The lowest BCUT2D eigenvalue weighted by Crippen LogP contribution is -2.21. The van der Waals surface area contributed by atoms with Crippen LogP contribution in [0.2, 0.25) is 0 Å². The van der Waals surface area contributed by atoms with Crippen molar-refractivity contribution < 1.29 is 19.9 Å². The van der Waals surface area contributed by atoms with Crippen LogP contribution in [-0.4, -0.2) is 58.5 Å². The van der Waals surface area contributed by atoms with Crippen molar-refractivity contribution in [2.45, 2.75) is 11.0 Å². The molecule has 1 atom stereocenters. The Labute approximate surface area is 120 Å². The molecule has 1 unspecified atom stereocenters. The highest BCUT2D eigenvalue weighted by Gasteiger charge is 2.19. The Morgan fingerprint density at radius 1 is 1.50 bits per heavy atom. The molecule has 0 bridgehead atoms. The van der Waals surface area contributed by atoms with Crippen LogP contribution in [0.3, 0.4) is 0 Å². The van der Waals surface area contributed by atoms with Gasteiger partial charge in [0.2, 0.25) is 0 Å². The highest BCUT2D eigenvalue weighted by atomic mass is 32.2. The standard InChI is InChI=1S/C12H16N2O5S/c1-13(2)12(17)8-3-4-10(14(18)19)11(5-8)20-7-9(16)6-15/h3-5,9,15-16H,6-7H2,1-2H3. The smallest absolute Gasteiger partial charge is 0.282 e. The second-order valence-corrected chi connectivity index (χ2v) is 5.35. The zero-order valence-electron chi connectivity index (χ0n) is 11.1. The lowest BCUT2D eigenvalue weighted by atomic mass is 10.2. The molecule has 0 saturated heterocycles. The van der Waals surface area contributed by atoms with Gasteiger partial charge in [0, 0.05) is 31.5 Å². The van der Waals surface area contributed by atoms with E-state index >= 15 is 0 Å². The third kappa shape index (κ3) is 4.19. The van der Waals surface area contributed by atoms with Gasteiger partial charge in [0.15, 0.2) is 0 Å². The van der Waals surface area contributed by atoms with Crippen LogP contribution in [0.25, 0.3) is 0 Å². The van der Waals surface area contributed by atoms with Crippen LogP contribution in [0, 0.1) is 10.1 Å². The molecule has 0 fully saturated rings. The summed E-state index contributed by atoms with van der Waals surface area (Å²) in [5, 5.41) is 29.0. The minimum Gasteiger partial charge on any atom is -0.394 e. The summed E-state index contributed by atoms with van der Waals surface area (Å²) in [7, 11) is 3.18. The van der Waals surface area contributed by atoms with Gasteiger partial charge in [0.25, 0.3) is 11.6 Å². The van der Waals surface area contributed by atoms with E-state index in [0.29, 0.717) is 5.56 Å². The van der Waals surface area contributed by atoms with Crippen molar-refractivity contribution in [3.63, 3.8) is 0 Å². The number of carbonyl (C=O) groups is 1. The van der Waals surface area contributed by atoms with Crippen molar-refractivity contribution in [2.24, 2.45) is 0 Å². The topological polar surface area (TPSA) is 104 Å². The maximum absolute atomic E-state index is 11.8. The first kappa shape index (κ1) is 16.4. The fourth-order valence-corrected chi connectivity index (χ4v) is 2.39. The number of aliphatic hydroxyl groups is 2. The number of aliphatic hydroxyl groups excluding tert-OH is 2. The lowest BCUT2D eigenvalue weighted by Gasteiger charge is -2.12. The van der Waals surface area contributed by atoms with Gasteiger partial charge in [-0.1, -0.05) is 0 Å². The van der Waals surface area contributed by atoms with Gasteiger partial charge >= 0.3 is 0 Å². The second-order valence-electron chi connectivity index (χ2n) is 4.29. The van der Waals surface area contributed by atoms with Crippen molar-refractivity contribution in [2.75, 3.05) is 26.5 Å². The predicted molar refractivity (Wildman–Crippen MR) is 74.9 cm³/mol. The van der Waals surface area contributed by atoms with Gasteiger partial charge in [0.1, 0.15) is 0 Å². The number of nitro benzene ring substituents is 1. The first-order valence-electron chi connectivity index (χ1n) is 5.78. The number of benzene rings is 1. The van der Waals surface area contributed by atoms with Gasteiger partial charge in [-0.2, -0.15) is 0 Å². The summed E-state index contributed by atoms with van der Waals surface area (Å²) < 4.78 is 0. The average molecular weight is 300 g/mol. The van der Waals surface area contributed by atoms with E-state index in [2.05, 4.69) is 0 Å². The van der Waals surface area contributed by atoms with Gasteiger partial charge < -0.3 is 15.1 Å². The van der Waals surface area contributed by atoms with E-state index in [0.717, 1.165) is 11.8 Å². The van der Waals surface area contributed by atoms with Crippen molar-refractivity contribution in [3.05, 3.63) is 33.9 Å². The maximum Gasteiger partial charge on any atom is 0.282 e. The molecule has 110 valence electrons. The van der Waals surface area contributed by atoms with E-state index in [1.807, 2.05) is 0 Å². The SMILES string of the molecule is CN(C)C(=O)c1ccc([N+](=O)[O-])c(SCC(O)CO)c1. The third-order valence-corrected chi connectivity index (χ3v) is 3.64. The Morgan fingerprint density at radius 2 is 2.15 bits per heavy atom. The summed E-state index contributed by atoms with van der Waals surface area (Å²) in [4.78, 5) is 23.9. The molecule has 1 rings (SSSR count). The van der Waals surface area contributed by atoms with Crippen LogP contribution in [0.5, 0.6) is 0 Å². The molecule has 0 aliphatic carbocycles. The number of amides is 1. The summed E-state index contributed by atoms with van der Waals surface area (Å²) in [6.07, 6.45) is -0.965. The zero-order valence-corrected chi connectivity index (χ0v) is 12.0. The van der Waals surface area contributed by atoms with E-state index in [9.17, 15) is 20.0 Å². The quantitative estimate of drug-likeness (QED) is 0.456. The molecule has 8 heteroatoms. The highest BCUT2D eigenvalue weighted by molar-refractivity contribution is 7.99. The number of thioether (sulfide) groups is 1. The Hall–Kier alpha value is -1.64. The Morgan fingerprint density at radius 3 is 2.65 bits per heavy atom. The van der Waals surface area contributed by atoms with E-state index < -0.39 is 17.6 Å². The second kappa shape index (κ2) is 7.22. The van der Waals surface area contributed by atoms with Gasteiger partial charge in [-0.25, -0.2) is 0 Å². The number of hydrogen-bond donors (Lipinski definition) is 2. The number of nitro groups is 1. The predicted octanol–water partition coefficient (Wildman–Crippen LogP) is 0.742. The molecule has 0 saturated carbocycles. The molecule has 1 amide bonds. The summed E-state index contributed by atoms with van der Waals surface area (Å²) in [5.41, 5.74) is 0.206. The van der Waals surface area contributed by atoms with Gasteiger partial charge in [-0.3, -0.25) is 14.9 Å². The molecule has 0 aliphatic rings. The Balaban J connectivity index is 3.06. The average Bonchev–Trinajstić information content (AvgIpc) is 2.43. The first-order valence-corrected chi connectivity index (χ1v) is 6.77. The molecule has 0 aromatic heterocycles. The number of carbonyl (C=O) groups excluding carboxylic acids is 1. The molecule has 7 nitrogen and oxygen atoms in total. The largest absolute Gasteiger partial charge is 0.394 e. The molecule has 0 heterocycles. The van der Waals surface area contributed by atoms with Crippen LogP contribution in [0.1, 0.15) is 10.4 Å². The fraction of sp³-hybridized carbons (Fsp3) is 0.417. The minimum atomic E-state index is -0.965. The normalized spacial score (nSPS) is 12.0. The molecule has 0 radical (unpaired) electrons. The van der Waals surface area contributed by atoms with Crippen LogP contribution in [-0.2, 0) is 0 Å². The molecule has 1 aromatic rings. The minimum absolute atomic E-state index is 0.108. The summed E-state index contributed by atoms with van der Waals surface area (Å²) in [6, 6.07) is 4.09. The van der Waals surface area contributed by atoms with Crippen molar-refractivity contribution in [1.82, 2.24) is 4.90 Å². The van der Waals surface area contributed by atoms with Crippen LogP contribution in [0.4, 0.5) is 5.69 Å². The third-order valence-electron chi connectivity index (χ3n) is 2.45. The molecule has 2 N–H and O–H groups in total. The van der Waals surface area contributed by atoms with E-state index in [-0.39, 0.29) is 22.2 Å². The fourth-order valence-electron chi connectivity index (χ4n) is 1.41. The Kier molecular flexibility index (Phi) is 5.93. The van der Waals surface area contributed by atoms with Crippen LogP contribution < -0.4 is 0 Å². The summed E-state index contributed by atoms with van der Waals surface area (Å²) in [6.45, 7) is -0.420. The van der Waals surface area contributed by atoms with Gasteiger partial charge in [-0.15, -0.1) is 11.8 Å². The van der Waals surface area contributed by atoms with E-state index in [1.54, 1.807) is 14.1 Å². The van der Waals surface area contributed by atoms with E-state index in [4.69, 9.17) is 5.11 Å². The van der Waals surface area contributed by atoms with Gasteiger partial charge in [-0.05, 0) is 12.1 Å². The monoisotopic (exact) mass is 300 g/mol. The van der Waals surface area contributed by atoms with Crippen molar-refractivity contribution >= 4 is 23.4 Å². The van der Waals surface area contributed by atoms with Crippen LogP contribution in [0.15, 0.2) is 23.1 Å². The zero-order chi connectivity index (χ0) is 15.3. The lowest BCUT2D eigenvalue weighted by molar-refractivity contribution is -0.387. The number of rotatable bonds is 6. The summed E-state index contributed by atoms with van der Waals surface area (Å²) >= 11 is 1.03. The first-order chi connectivity index (χ1) is 9.36. The molecular weight excluding hydrogens is 284 g/mol. The van der Waals surface area contributed by atoms with E-state index in [1.165, 1.54) is 23.1 Å². The maximum atomic E-state index is 11.8. The molecule has 0 spiro atoms. The summed E-state index contributed by atoms with van der Waals surface area (Å²) in [5.74, 6) is -0.152. The number of hydrogen-bond acceptors (Lipinski definition) is 6. The number of nitrogens with zero attached hydrogens (tertiary/aromatic N) is 2. The van der Waals surface area contributed by atoms with Crippen LogP contribution >= 0.6 is 11.8 Å². The highest BCUT2D eigenvalue weighted by Crippen LogP contribution is 2.30. The molecule has 20 heavy (non-hydrogen) atoms.